The number of nitrogens with two attached hydrogens (primary N) is 1. The molecule has 1 aliphatic rings. The minimum atomic E-state index is 0.833. The molecule has 2 N–H and O–H groups in total. The molecule has 1 heteroatoms. The van der Waals surface area contributed by atoms with Gasteiger partial charge in [0, 0.05) is 0 Å². The van der Waals surface area contributed by atoms with Crippen molar-refractivity contribution in [1.29, 1.82) is 0 Å². The van der Waals surface area contributed by atoms with Crippen LogP contribution in [0.1, 0.15) is 25.7 Å². The maximum atomic E-state index is 5.40. The Kier molecular flexibility index (Phi) is 1.69. The van der Waals surface area contributed by atoms with Crippen LogP contribution in [-0.2, 0) is 0 Å². The Morgan fingerprint density at radius 2 is 1.86 bits per heavy atom. The molecule has 0 aromatic rings. The van der Waals surface area contributed by atoms with Crippen LogP contribution < -0.4 is 5.73 Å². The van der Waals surface area contributed by atoms with Crippen molar-refractivity contribution in [3.63, 3.8) is 0 Å². The molecule has 1 aliphatic carbocycles. The molecule has 0 bridgehead atoms. The fraction of sp³-hybridized carbons (Fsp3) is 0.833. The van der Waals surface area contributed by atoms with Gasteiger partial charge in [-0.3, -0.25) is 0 Å². The minimum absolute atomic E-state index is 0.833. The molecule has 0 aromatic heterocycles. The normalized spacial score (nSPS) is 23.6. The molecule has 0 saturated heterocycles. The maximum Gasteiger partial charge on any atom is -0.00147 e. The van der Waals surface area contributed by atoms with Gasteiger partial charge in [-0.1, -0.05) is 12.8 Å². The molecule has 0 aromatic carbocycles. The first-order chi connectivity index (χ1) is 3.43. The van der Waals surface area contributed by atoms with E-state index in [1.807, 2.05) is 0 Å². The van der Waals surface area contributed by atoms with Crippen molar-refractivity contribution in [1.82, 2.24) is 0 Å². The summed E-state index contributed by atoms with van der Waals surface area (Å²) in [6.45, 7) is 0.833. The van der Waals surface area contributed by atoms with E-state index in [-0.39, 0.29) is 0 Å². The first kappa shape index (κ1) is 5.10. The third-order valence-electron chi connectivity index (χ3n) is 1.60. The molecule has 1 fully saturated rings. The topological polar surface area (TPSA) is 26.0 Å². The molecule has 1 radical (unpaired) electrons. The van der Waals surface area contributed by atoms with Gasteiger partial charge >= 0.3 is 0 Å². The molecule has 0 atom stereocenters. The number of hydrogen-bond acceptors (Lipinski definition) is 1. The van der Waals surface area contributed by atoms with E-state index in [1.165, 1.54) is 25.7 Å². The van der Waals surface area contributed by atoms with Crippen LogP contribution in [0.5, 0.6) is 0 Å². The molecular formula is C6H12N. The highest BCUT2D eigenvalue weighted by molar-refractivity contribution is 4.94. The molecule has 0 unspecified atom stereocenters. The summed E-state index contributed by atoms with van der Waals surface area (Å²) in [4.78, 5) is 0. The largest absolute Gasteiger partial charge is 0.330 e. The zero-order valence-corrected chi connectivity index (χ0v) is 4.61. The van der Waals surface area contributed by atoms with Crippen molar-refractivity contribution < 1.29 is 0 Å². The molecule has 1 saturated carbocycles. The van der Waals surface area contributed by atoms with Crippen LogP contribution in [-0.4, -0.2) is 6.54 Å². The van der Waals surface area contributed by atoms with Crippen molar-refractivity contribution in [2.75, 3.05) is 6.54 Å². The summed E-state index contributed by atoms with van der Waals surface area (Å²) in [5.41, 5.74) is 5.40. The highest BCUT2D eigenvalue weighted by Gasteiger charge is 2.12. The first-order valence-corrected chi connectivity index (χ1v) is 2.97. The SMILES string of the molecule is NC[C]1CCCC1. The summed E-state index contributed by atoms with van der Waals surface area (Å²) in [5, 5.41) is 0. The summed E-state index contributed by atoms with van der Waals surface area (Å²) >= 11 is 0. The van der Waals surface area contributed by atoms with Gasteiger partial charge in [0.1, 0.15) is 0 Å². The van der Waals surface area contributed by atoms with Gasteiger partial charge in [0.05, 0.1) is 0 Å². The van der Waals surface area contributed by atoms with Crippen LogP contribution in [0, 0.1) is 5.92 Å². The Balaban J connectivity index is 2.14. The quantitative estimate of drug-likeness (QED) is 0.522. The molecule has 0 amide bonds. The van der Waals surface area contributed by atoms with E-state index in [2.05, 4.69) is 0 Å². The summed E-state index contributed by atoms with van der Waals surface area (Å²) in [7, 11) is 0. The van der Waals surface area contributed by atoms with Crippen LogP contribution in [0.4, 0.5) is 0 Å². The molecule has 0 spiro atoms. The zero-order valence-electron chi connectivity index (χ0n) is 4.61. The second kappa shape index (κ2) is 2.31. The minimum Gasteiger partial charge on any atom is -0.330 e. The highest BCUT2D eigenvalue weighted by atomic mass is 14.5. The lowest BCUT2D eigenvalue weighted by Gasteiger charge is -1.98. The second-order valence-corrected chi connectivity index (χ2v) is 2.16. The van der Waals surface area contributed by atoms with Gasteiger partial charge in [0.25, 0.3) is 0 Å². The van der Waals surface area contributed by atoms with E-state index < -0.39 is 0 Å². The molecule has 1 rings (SSSR count). The Labute approximate surface area is 44.9 Å². The van der Waals surface area contributed by atoms with Gasteiger partial charge in [-0.25, -0.2) is 0 Å². The number of rotatable bonds is 1. The highest BCUT2D eigenvalue weighted by Crippen LogP contribution is 2.24. The van der Waals surface area contributed by atoms with Gasteiger partial charge in [0.2, 0.25) is 0 Å². The Morgan fingerprint density at radius 3 is 2.14 bits per heavy atom. The van der Waals surface area contributed by atoms with Crippen molar-refractivity contribution in [3.05, 3.63) is 5.92 Å². The van der Waals surface area contributed by atoms with Gasteiger partial charge < -0.3 is 5.73 Å². The van der Waals surface area contributed by atoms with Crippen LogP contribution in [0.25, 0.3) is 0 Å². The average molecular weight is 98.2 g/mol. The van der Waals surface area contributed by atoms with Crippen molar-refractivity contribution >= 4 is 0 Å². The summed E-state index contributed by atoms with van der Waals surface area (Å²) in [5.74, 6) is 1.57. The lowest BCUT2D eigenvalue weighted by molar-refractivity contribution is 0.848. The van der Waals surface area contributed by atoms with E-state index in [0.29, 0.717) is 0 Å². The maximum absolute atomic E-state index is 5.40. The number of hydrogen-bond donors (Lipinski definition) is 1. The second-order valence-electron chi connectivity index (χ2n) is 2.16. The van der Waals surface area contributed by atoms with Crippen LogP contribution in [0.2, 0.25) is 0 Å². The molecular weight excluding hydrogens is 86.1 g/mol. The molecule has 7 heavy (non-hydrogen) atoms. The predicted molar refractivity (Wildman–Crippen MR) is 30.8 cm³/mol. The van der Waals surface area contributed by atoms with Gasteiger partial charge in [-0.05, 0) is 25.3 Å². The monoisotopic (exact) mass is 98.1 g/mol. The van der Waals surface area contributed by atoms with Crippen LogP contribution in [0.3, 0.4) is 0 Å². The lowest BCUT2D eigenvalue weighted by atomic mass is 10.1. The molecule has 1 nitrogen and oxygen atoms in total. The van der Waals surface area contributed by atoms with Crippen molar-refractivity contribution in [2.45, 2.75) is 25.7 Å². The average Bonchev–Trinajstić information content (AvgIpc) is 2.14. The fourth-order valence-electron chi connectivity index (χ4n) is 1.08. The Hall–Kier alpha value is -0.0400. The van der Waals surface area contributed by atoms with E-state index in [0.717, 1.165) is 6.54 Å². The third kappa shape index (κ3) is 1.16. The molecule has 0 heterocycles. The van der Waals surface area contributed by atoms with E-state index in [4.69, 9.17) is 5.73 Å². The summed E-state index contributed by atoms with van der Waals surface area (Å²) in [6.07, 6.45) is 5.37. The van der Waals surface area contributed by atoms with Crippen LogP contribution in [0.15, 0.2) is 0 Å². The van der Waals surface area contributed by atoms with E-state index in [1.54, 1.807) is 5.92 Å². The first-order valence-electron chi connectivity index (χ1n) is 2.97. The standard InChI is InChI=1S/C6H12N/c7-5-6-3-1-2-4-6/h1-5,7H2. The van der Waals surface area contributed by atoms with E-state index in [9.17, 15) is 0 Å². The summed E-state index contributed by atoms with van der Waals surface area (Å²) in [6, 6.07) is 0. The lowest BCUT2D eigenvalue weighted by Crippen LogP contribution is -2.07. The summed E-state index contributed by atoms with van der Waals surface area (Å²) < 4.78 is 0. The van der Waals surface area contributed by atoms with Crippen LogP contribution >= 0.6 is 0 Å². The molecule has 41 valence electrons. The van der Waals surface area contributed by atoms with Crippen molar-refractivity contribution in [2.24, 2.45) is 5.73 Å². The van der Waals surface area contributed by atoms with E-state index >= 15 is 0 Å². The van der Waals surface area contributed by atoms with Gasteiger partial charge in [-0.15, -0.1) is 0 Å². The predicted octanol–water partition coefficient (Wildman–Crippen LogP) is 1.09. The molecule has 0 aliphatic heterocycles. The fourth-order valence-corrected chi connectivity index (χ4v) is 1.08. The van der Waals surface area contributed by atoms with Gasteiger partial charge in [0.15, 0.2) is 0 Å². The van der Waals surface area contributed by atoms with Gasteiger partial charge in [-0.2, -0.15) is 0 Å². The smallest absolute Gasteiger partial charge is 0.00147 e. The zero-order chi connectivity index (χ0) is 5.11. The third-order valence-corrected chi connectivity index (χ3v) is 1.60. The Bertz CT molecular complexity index is 46.1. The Morgan fingerprint density at radius 1 is 1.29 bits per heavy atom. The van der Waals surface area contributed by atoms with Crippen molar-refractivity contribution in [3.8, 4) is 0 Å².